The van der Waals surface area contributed by atoms with Gasteiger partial charge < -0.3 is 10.6 Å². The van der Waals surface area contributed by atoms with Gasteiger partial charge in [-0.1, -0.05) is 38.1 Å². The lowest BCUT2D eigenvalue weighted by Crippen LogP contribution is -2.19. The lowest BCUT2D eigenvalue weighted by molar-refractivity contribution is -0.118. The number of hydrogen-bond donors (Lipinski definition) is 2. The number of anilines is 3. The van der Waals surface area contributed by atoms with E-state index in [9.17, 15) is 4.79 Å². The molecule has 2 aromatic heterocycles. The highest BCUT2D eigenvalue weighted by molar-refractivity contribution is 5.91. The number of aromatic nitrogens is 3. The molecule has 0 saturated carbocycles. The van der Waals surface area contributed by atoms with Crippen LogP contribution in [0.15, 0.2) is 48.5 Å². The fraction of sp³-hybridized carbons (Fsp3) is 0.188. The summed E-state index contributed by atoms with van der Waals surface area (Å²) in [5.41, 5.74) is 1.58. The van der Waals surface area contributed by atoms with Crippen LogP contribution >= 0.6 is 0 Å². The first-order chi connectivity index (χ1) is 10.6. The van der Waals surface area contributed by atoms with E-state index in [0.717, 1.165) is 5.69 Å². The Kier molecular flexibility index (Phi) is 3.74. The Bertz CT molecular complexity index is 795. The molecule has 0 aliphatic rings. The molecule has 1 aromatic carbocycles. The van der Waals surface area contributed by atoms with E-state index in [-0.39, 0.29) is 11.8 Å². The molecule has 6 nitrogen and oxygen atoms in total. The predicted octanol–water partition coefficient (Wildman–Crippen LogP) is 3.07. The van der Waals surface area contributed by atoms with Gasteiger partial charge in [0.2, 0.25) is 11.9 Å². The van der Waals surface area contributed by atoms with Crippen LogP contribution in [0, 0.1) is 5.92 Å². The van der Waals surface area contributed by atoms with E-state index in [1.54, 1.807) is 10.6 Å². The van der Waals surface area contributed by atoms with Crippen molar-refractivity contribution < 1.29 is 4.79 Å². The summed E-state index contributed by atoms with van der Waals surface area (Å²) in [6.45, 7) is 3.69. The van der Waals surface area contributed by atoms with Gasteiger partial charge in [-0.05, 0) is 24.3 Å². The van der Waals surface area contributed by atoms with Gasteiger partial charge >= 0.3 is 0 Å². The second-order valence-corrected chi connectivity index (χ2v) is 5.25. The highest BCUT2D eigenvalue weighted by Gasteiger charge is 2.11. The third kappa shape index (κ3) is 2.90. The van der Waals surface area contributed by atoms with Gasteiger partial charge in [-0.15, -0.1) is 5.10 Å². The first-order valence-corrected chi connectivity index (χ1v) is 7.12. The number of para-hydroxylation sites is 1. The van der Waals surface area contributed by atoms with E-state index in [0.29, 0.717) is 17.4 Å². The maximum absolute atomic E-state index is 11.9. The molecule has 0 saturated heterocycles. The number of fused-ring (bicyclic) bond motifs is 1. The summed E-state index contributed by atoms with van der Waals surface area (Å²) in [6.07, 6.45) is 0. The third-order valence-electron chi connectivity index (χ3n) is 3.17. The third-order valence-corrected chi connectivity index (χ3v) is 3.17. The lowest BCUT2D eigenvalue weighted by Gasteiger charge is -2.08. The van der Waals surface area contributed by atoms with Crippen LogP contribution in [-0.2, 0) is 4.79 Å². The Morgan fingerprint density at radius 1 is 1.09 bits per heavy atom. The second kappa shape index (κ2) is 5.85. The Balaban J connectivity index is 1.91. The molecule has 2 N–H and O–H groups in total. The number of nitrogens with one attached hydrogen (secondary N) is 2. The van der Waals surface area contributed by atoms with Crippen molar-refractivity contribution in [2.75, 3.05) is 10.6 Å². The predicted molar refractivity (Wildman–Crippen MR) is 86.2 cm³/mol. The zero-order valence-corrected chi connectivity index (χ0v) is 12.4. The van der Waals surface area contributed by atoms with Crippen molar-refractivity contribution in [3.8, 4) is 0 Å². The van der Waals surface area contributed by atoms with Crippen molar-refractivity contribution in [2.45, 2.75) is 13.8 Å². The lowest BCUT2D eigenvalue weighted by atomic mass is 10.2. The topological polar surface area (TPSA) is 71.3 Å². The minimum Gasteiger partial charge on any atom is -0.323 e. The second-order valence-electron chi connectivity index (χ2n) is 5.25. The first-order valence-electron chi connectivity index (χ1n) is 7.12. The zero-order chi connectivity index (χ0) is 15.5. The minimum absolute atomic E-state index is 0.0550. The Morgan fingerprint density at radius 3 is 2.59 bits per heavy atom. The normalized spacial score (nSPS) is 10.9. The molecule has 0 spiro atoms. The zero-order valence-electron chi connectivity index (χ0n) is 12.4. The van der Waals surface area contributed by atoms with Crippen molar-refractivity contribution >= 4 is 29.0 Å². The molecular weight excluding hydrogens is 278 g/mol. The Labute approximate surface area is 128 Å². The standard InChI is InChI=1S/C16H17N5O/c1-11(2)15(22)18-13-9-6-10-14-19-16(20-21(13)14)17-12-7-4-3-5-8-12/h3-11H,1-2H3,(H,17,20)(H,18,22). The molecule has 0 bridgehead atoms. The van der Waals surface area contributed by atoms with Gasteiger partial charge in [0, 0.05) is 11.6 Å². The summed E-state index contributed by atoms with van der Waals surface area (Å²) in [7, 11) is 0. The van der Waals surface area contributed by atoms with E-state index in [1.165, 1.54) is 0 Å². The van der Waals surface area contributed by atoms with Gasteiger partial charge in [-0.25, -0.2) is 0 Å². The summed E-state index contributed by atoms with van der Waals surface area (Å²) in [5.74, 6) is 0.934. The van der Waals surface area contributed by atoms with Gasteiger partial charge in [-0.2, -0.15) is 9.50 Å². The molecule has 112 valence electrons. The minimum atomic E-state index is -0.0966. The molecule has 0 radical (unpaired) electrons. The van der Waals surface area contributed by atoms with Crippen LogP contribution in [0.4, 0.5) is 17.5 Å². The Morgan fingerprint density at radius 2 is 1.86 bits per heavy atom. The molecule has 0 atom stereocenters. The van der Waals surface area contributed by atoms with Crippen LogP contribution in [0.25, 0.3) is 5.65 Å². The average Bonchev–Trinajstić information content (AvgIpc) is 2.91. The number of benzene rings is 1. The molecule has 22 heavy (non-hydrogen) atoms. The van der Waals surface area contributed by atoms with Gasteiger partial charge in [0.1, 0.15) is 5.82 Å². The van der Waals surface area contributed by atoms with E-state index in [1.807, 2.05) is 56.3 Å². The number of nitrogens with zero attached hydrogens (tertiary/aromatic N) is 3. The molecule has 1 amide bonds. The van der Waals surface area contributed by atoms with Crippen molar-refractivity contribution in [3.05, 3.63) is 48.5 Å². The number of amides is 1. The van der Waals surface area contributed by atoms with Gasteiger partial charge in [-0.3, -0.25) is 4.79 Å². The largest absolute Gasteiger partial charge is 0.323 e. The Hall–Kier alpha value is -2.89. The highest BCUT2D eigenvalue weighted by atomic mass is 16.1. The summed E-state index contributed by atoms with van der Waals surface area (Å²) in [4.78, 5) is 16.3. The highest BCUT2D eigenvalue weighted by Crippen LogP contribution is 2.17. The van der Waals surface area contributed by atoms with Gasteiger partial charge in [0.05, 0.1) is 0 Å². The first kappa shape index (κ1) is 14.1. The molecule has 0 fully saturated rings. The molecule has 0 unspecified atom stereocenters. The maximum Gasteiger partial charge on any atom is 0.247 e. The van der Waals surface area contributed by atoms with Crippen molar-refractivity contribution in [1.29, 1.82) is 0 Å². The van der Waals surface area contributed by atoms with E-state index < -0.39 is 0 Å². The number of carbonyl (C=O) groups excluding carboxylic acids is 1. The van der Waals surface area contributed by atoms with Crippen LogP contribution in [0.1, 0.15) is 13.8 Å². The van der Waals surface area contributed by atoms with Crippen LogP contribution < -0.4 is 10.6 Å². The average molecular weight is 295 g/mol. The van der Waals surface area contributed by atoms with Crippen molar-refractivity contribution in [1.82, 2.24) is 14.6 Å². The van der Waals surface area contributed by atoms with Gasteiger partial charge in [0.15, 0.2) is 5.65 Å². The molecule has 2 heterocycles. The smallest absolute Gasteiger partial charge is 0.247 e. The summed E-state index contributed by atoms with van der Waals surface area (Å²) < 4.78 is 1.62. The van der Waals surface area contributed by atoms with Crippen LogP contribution in [-0.4, -0.2) is 20.5 Å². The molecule has 3 aromatic rings. The fourth-order valence-corrected chi connectivity index (χ4v) is 1.97. The maximum atomic E-state index is 11.9. The summed E-state index contributed by atoms with van der Waals surface area (Å²) >= 11 is 0. The molecule has 0 aliphatic carbocycles. The SMILES string of the molecule is CC(C)C(=O)Nc1cccc2nc(Nc3ccccc3)nn12. The molecule has 6 heteroatoms. The monoisotopic (exact) mass is 295 g/mol. The van der Waals surface area contributed by atoms with Crippen molar-refractivity contribution in [2.24, 2.45) is 5.92 Å². The quantitative estimate of drug-likeness (QED) is 0.776. The van der Waals surface area contributed by atoms with Gasteiger partial charge in [0.25, 0.3) is 0 Å². The molecule has 3 rings (SSSR count). The van der Waals surface area contributed by atoms with Crippen LogP contribution in [0.3, 0.4) is 0 Å². The number of carbonyl (C=O) groups is 1. The van der Waals surface area contributed by atoms with E-state index >= 15 is 0 Å². The number of pyridine rings is 1. The molecule has 0 aliphatic heterocycles. The van der Waals surface area contributed by atoms with E-state index in [4.69, 9.17) is 0 Å². The van der Waals surface area contributed by atoms with Crippen LogP contribution in [0.2, 0.25) is 0 Å². The van der Waals surface area contributed by atoms with Crippen molar-refractivity contribution in [3.63, 3.8) is 0 Å². The number of hydrogen-bond acceptors (Lipinski definition) is 4. The van der Waals surface area contributed by atoms with Crippen LogP contribution in [0.5, 0.6) is 0 Å². The van der Waals surface area contributed by atoms with E-state index in [2.05, 4.69) is 20.7 Å². The molecular formula is C16H17N5O. The number of rotatable bonds is 4. The summed E-state index contributed by atoms with van der Waals surface area (Å²) in [5, 5.41) is 10.4. The fourth-order valence-electron chi connectivity index (χ4n) is 1.97. The summed E-state index contributed by atoms with van der Waals surface area (Å²) in [6, 6.07) is 15.2.